The van der Waals surface area contributed by atoms with Crippen LogP contribution in [-0.2, 0) is 11.8 Å². The molecule has 24 heavy (non-hydrogen) atoms. The molecular formula is C20H23ClFNO. The molecule has 2 nitrogen and oxygen atoms in total. The Morgan fingerprint density at radius 3 is 2.75 bits per heavy atom. The molecule has 0 radical (unpaired) electrons. The zero-order chi connectivity index (χ0) is 17.5. The lowest BCUT2D eigenvalue weighted by Gasteiger charge is -2.20. The molecule has 128 valence electrons. The van der Waals surface area contributed by atoms with Crippen molar-refractivity contribution in [3.63, 3.8) is 0 Å². The number of nitrogens with two attached hydrogens (primary N) is 1. The number of hydrogen-bond acceptors (Lipinski definition) is 2. The molecule has 0 aromatic heterocycles. The molecule has 3 rings (SSSR count). The molecule has 2 aromatic carbocycles. The first-order valence-corrected chi connectivity index (χ1v) is 8.76. The number of ether oxygens (including phenoxy) is 1. The van der Waals surface area contributed by atoms with Crippen LogP contribution >= 0.6 is 11.6 Å². The summed E-state index contributed by atoms with van der Waals surface area (Å²) in [4.78, 5) is 0. The summed E-state index contributed by atoms with van der Waals surface area (Å²) in [5, 5.41) is 0.249. The molecule has 0 aliphatic heterocycles. The average Bonchev–Trinajstić information content (AvgIpc) is 2.86. The number of benzene rings is 2. The highest BCUT2D eigenvalue weighted by Crippen LogP contribution is 2.42. The van der Waals surface area contributed by atoms with Gasteiger partial charge >= 0.3 is 0 Å². The molecule has 0 saturated carbocycles. The van der Waals surface area contributed by atoms with E-state index in [1.54, 1.807) is 12.1 Å². The van der Waals surface area contributed by atoms with Crippen LogP contribution in [0.2, 0.25) is 5.02 Å². The molecule has 0 unspecified atom stereocenters. The maximum Gasteiger partial charge on any atom is 0.181 e. The van der Waals surface area contributed by atoms with Crippen molar-refractivity contribution in [2.45, 2.75) is 51.5 Å². The third-order valence-corrected chi connectivity index (χ3v) is 5.27. The lowest BCUT2D eigenvalue weighted by atomic mass is 9.86. The highest BCUT2D eigenvalue weighted by atomic mass is 35.5. The summed E-state index contributed by atoms with van der Waals surface area (Å²) >= 11 is 6.17. The van der Waals surface area contributed by atoms with E-state index in [1.807, 2.05) is 19.1 Å². The fraction of sp³-hybridized carbons (Fsp3) is 0.400. The minimum Gasteiger partial charge on any atom is -0.453 e. The number of halogens is 2. The third-order valence-electron chi connectivity index (χ3n) is 4.97. The minimum absolute atomic E-state index is 0.0498. The van der Waals surface area contributed by atoms with Gasteiger partial charge in [0.15, 0.2) is 11.6 Å². The average molecular weight is 348 g/mol. The predicted molar refractivity (Wildman–Crippen MR) is 96.5 cm³/mol. The van der Waals surface area contributed by atoms with Crippen LogP contribution < -0.4 is 10.5 Å². The molecule has 0 saturated heterocycles. The van der Waals surface area contributed by atoms with Crippen molar-refractivity contribution < 1.29 is 9.13 Å². The van der Waals surface area contributed by atoms with Crippen molar-refractivity contribution in [2.75, 3.05) is 0 Å². The molecule has 4 heteroatoms. The first-order valence-electron chi connectivity index (χ1n) is 8.38. The van der Waals surface area contributed by atoms with Gasteiger partial charge in [0.2, 0.25) is 0 Å². The Kier molecular flexibility index (Phi) is 4.58. The standard InChI is InChI=1S/C20H23ClFNO/c1-4-17(23)14-7-8-16(21)19(18(14)22)24-13-6-5-12-9-10-20(2,3)15(12)11-13/h5-8,11,17H,4,9-10,23H2,1-3H3/t17-/m1/s1. The summed E-state index contributed by atoms with van der Waals surface area (Å²) < 4.78 is 20.6. The van der Waals surface area contributed by atoms with Gasteiger partial charge in [0.05, 0.1) is 5.02 Å². The Bertz CT molecular complexity index is 772. The number of aryl methyl sites for hydroxylation is 1. The quantitative estimate of drug-likeness (QED) is 0.746. The fourth-order valence-corrected chi connectivity index (χ4v) is 3.50. The Hall–Kier alpha value is -1.58. The van der Waals surface area contributed by atoms with Gasteiger partial charge in [-0.2, -0.15) is 0 Å². The van der Waals surface area contributed by atoms with Crippen LogP contribution in [0.25, 0.3) is 0 Å². The van der Waals surface area contributed by atoms with E-state index < -0.39 is 5.82 Å². The zero-order valence-electron chi connectivity index (χ0n) is 14.3. The van der Waals surface area contributed by atoms with Crippen LogP contribution in [0.4, 0.5) is 4.39 Å². The smallest absolute Gasteiger partial charge is 0.181 e. The maximum atomic E-state index is 14.8. The van der Waals surface area contributed by atoms with Crippen LogP contribution in [0.15, 0.2) is 30.3 Å². The largest absolute Gasteiger partial charge is 0.453 e. The zero-order valence-corrected chi connectivity index (χ0v) is 15.1. The lowest BCUT2D eigenvalue weighted by molar-refractivity contribution is 0.432. The molecule has 1 aliphatic rings. The van der Waals surface area contributed by atoms with E-state index in [1.165, 1.54) is 11.1 Å². The van der Waals surface area contributed by atoms with Gasteiger partial charge in [0.25, 0.3) is 0 Å². The van der Waals surface area contributed by atoms with Gasteiger partial charge in [-0.25, -0.2) is 4.39 Å². The van der Waals surface area contributed by atoms with E-state index in [4.69, 9.17) is 22.1 Å². The molecule has 0 bridgehead atoms. The second kappa shape index (κ2) is 6.38. The molecule has 1 aliphatic carbocycles. The normalized spacial score (nSPS) is 16.8. The Morgan fingerprint density at radius 2 is 2.04 bits per heavy atom. The van der Waals surface area contributed by atoms with Crippen LogP contribution in [0.5, 0.6) is 11.5 Å². The fourth-order valence-electron chi connectivity index (χ4n) is 3.31. The molecule has 0 amide bonds. The molecular weight excluding hydrogens is 325 g/mol. The Morgan fingerprint density at radius 1 is 1.29 bits per heavy atom. The SMILES string of the molecule is CC[C@@H](N)c1ccc(Cl)c(Oc2ccc3c(c2)C(C)(C)CC3)c1F. The van der Waals surface area contributed by atoms with Crippen molar-refractivity contribution in [2.24, 2.45) is 5.73 Å². The van der Waals surface area contributed by atoms with Crippen molar-refractivity contribution in [3.05, 3.63) is 57.9 Å². The summed E-state index contributed by atoms with van der Waals surface area (Å²) in [6, 6.07) is 8.84. The van der Waals surface area contributed by atoms with Gasteiger partial charge in [-0.3, -0.25) is 0 Å². The van der Waals surface area contributed by atoms with Gasteiger partial charge in [-0.1, -0.05) is 44.5 Å². The van der Waals surface area contributed by atoms with Crippen LogP contribution in [0.1, 0.15) is 56.3 Å². The Balaban J connectivity index is 1.98. The minimum atomic E-state index is -0.475. The van der Waals surface area contributed by atoms with Gasteiger partial charge in [0, 0.05) is 11.6 Å². The van der Waals surface area contributed by atoms with Gasteiger partial charge < -0.3 is 10.5 Å². The molecule has 2 aromatic rings. The second-order valence-electron chi connectivity index (χ2n) is 7.10. The predicted octanol–water partition coefficient (Wildman–Crippen LogP) is 5.91. The first-order chi connectivity index (χ1) is 11.3. The van der Waals surface area contributed by atoms with Gasteiger partial charge in [-0.15, -0.1) is 0 Å². The highest BCUT2D eigenvalue weighted by Gasteiger charge is 2.30. The second-order valence-corrected chi connectivity index (χ2v) is 7.51. The number of fused-ring (bicyclic) bond motifs is 1. The van der Waals surface area contributed by atoms with E-state index in [-0.39, 0.29) is 22.2 Å². The summed E-state index contributed by atoms with van der Waals surface area (Å²) in [5.41, 5.74) is 9.12. The Labute approximate surface area is 147 Å². The van der Waals surface area contributed by atoms with Crippen molar-refractivity contribution in [3.8, 4) is 11.5 Å². The highest BCUT2D eigenvalue weighted by molar-refractivity contribution is 6.32. The summed E-state index contributed by atoms with van der Waals surface area (Å²) in [5.74, 6) is 0.178. The van der Waals surface area contributed by atoms with Crippen LogP contribution in [0.3, 0.4) is 0 Å². The summed E-state index contributed by atoms with van der Waals surface area (Å²) in [6.07, 6.45) is 2.82. The molecule has 0 heterocycles. The summed E-state index contributed by atoms with van der Waals surface area (Å²) in [7, 11) is 0. The van der Waals surface area contributed by atoms with Crippen molar-refractivity contribution in [1.82, 2.24) is 0 Å². The van der Waals surface area contributed by atoms with E-state index in [9.17, 15) is 4.39 Å². The van der Waals surface area contributed by atoms with Gasteiger partial charge in [0.1, 0.15) is 5.75 Å². The van der Waals surface area contributed by atoms with Crippen molar-refractivity contribution >= 4 is 11.6 Å². The third kappa shape index (κ3) is 3.03. The summed E-state index contributed by atoms with van der Waals surface area (Å²) in [6.45, 7) is 6.36. The number of hydrogen-bond donors (Lipinski definition) is 1. The maximum absolute atomic E-state index is 14.8. The van der Waals surface area contributed by atoms with Crippen LogP contribution in [0, 0.1) is 5.82 Å². The molecule has 0 spiro atoms. The van der Waals surface area contributed by atoms with Crippen molar-refractivity contribution in [1.29, 1.82) is 0 Å². The molecule has 2 N–H and O–H groups in total. The van der Waals surface area contributed by atoms with E-state index in [0.29, 0.717) is 17.7 Å². The number of rotatable bonds is 4. The van der Waals surface area contributed by atoms with Crippen LogP contribution in [-0.4, -0.2) is 0 Å². The van der Waals surface area contributed by atoms with E-state index in [2.05, 4.69) is 19.9 Å². The lowest BCUT2D eigenvalue weighted by Crippen LogP contribution is -2.12. The topological polar surface area (TPSA) is 35.2 Å². The first kappa shape index (κ1) is 17.2. The van der Waals surface area contributed by atoms with Gasteiger partial charge in [-0.05, 0) is 54.0 Å². The van der Waals surface area contributed by atoms with E-state index in [0.717, 1.165) is 12.8 Å². The molecule has 0 fully saturated rings. The molecule has 1 atom stereocenters. The van der Waals surface area contributed by atoms with E-state index >= 15 is 0 Å². The monoisotopic (exact) mass is 347 g/mol.